The third kappa shape index (κ3) is 3.36. The summed E-state index contributed by atoms with van der Waals surface area (Å²) in [6.45, 7) is 0.884. The third-order valence-corrected chi connectivity index (χ3v) is 3.71. The van der Waals surface area contributed by atoms with Crippen molar-refractivity contribution in [2.24, 2.45) is 5.73 Å². The number of carbonyl (C=O) groups is 2. The van der Waals surface area contributed by atoms with Crippen LogP contribution in [-0.4, -0.2) is 38.6 Å². The first-order chi connectivity index (χ1) is 9.51. The van der Waals surface area contributed by atoms with Crippen LogP contribution in [0.5, 0.6) is 0 Å². The Morgan fingerprint density at radius 1 is 1.40 bits per heavy atom. The van der Waals surface area contributed by atoms with Crippen molar-refractivity contribution in [3.63, 3.8) is 0 Å². The van der Waals surface area contributed by atoms with Gasteiger partial charge in [-0.2, -0.15) is 0 Å². The molecule has 0 atom stereocenters. The number of carbonyl (C=O) groups excluding carboxylic acids is 1. The number of carboxylic acids is 1. The summed E-state index contributed by atoms with van der Waals surface area (Å²) in [5.74, 6) is -1.17. The number of nitrogens with two attached hydrogens (primary N) is 1. The molecule has 4 N–H and O–H groups in total. The van der Waals surface area contributed by atoms with Gasteiger partial charge in [-0.1, -0.05) is 19.3 Å². The minimum atomic E-state index is -1.06. The van der Waals surface area contributed by atoms with Crippen LogP contribution in [0.3, 0.4) is 0 Å². The van der Waals surface area contributed by atoms with Crippen LogP contribution in [0, 0.1) is 0 Å². The summed E-state index contributed by atoms with van der Waals surface area (Å²) in [6, 6.07) is 0. The Labute approximate surface area is 117 Å². The second-order valence-corrected chi connectivity index (χ2v) is 5.27. The highest BCUT2D eigenvalue weighted by Crippen LogP contribution is 2.25. The zero-order chi connectivity index (χ0) is 14.6. The molecule has 1 aromatic heterocycles. The van der Waals surface area contributed by atoms with E-state index in [0.717, 1.165) is 32.1 Å². The number of imidazole rings is 1. The quantitative estimate of drug-likeness (QED) is 0.721. The van der Waals surface area contributed by atoms with Gasteiger partial charge in [-0.15, -0.1) is 0 Å². The highest BCUT2D eigenvalue weighted by atomic mass is 16.4. The fraction of sp³-hybridized carbons (Fsp3) is 0.615. The molecule has 7 heteroatoms. The van der Waals surface area contributed by atoms with E-state index in [2.05, 4.69) is 10.3 Å². The first kappa shape index (κ1) is 14.5. The predicted octanol–water partition coefficient (Wildman–Crippen LogP) is 0.359. The Morgan fingerprint density at radius 2 is 2.10 bits per heavy atom. The lowest BCUT2D eigenvalue weighted by molar-refractivity contribution is -0.127. The fourth-order valence-electron chi connectivity index (χ4n) is 2.48. The van der Waals surface area contributed by atoms with Gasteiger partial charge in [0.1, 0.15) is 0 Å². The molecule has 2 rings (SSSR count). The van der Waals surface area contributed by atoms with Crippen molar-refractivity contribution in [3.05, 3.63) is 18.2 Å². The number of amides is 1. The van der Waals surface area contributed by atoms with E-state index in [1.165, 1.54) is 12.5 Å². The van der Waals surface area contributed by atoms with Crippen LogP contribution in [0.4, 0.5) is 0 Å². The normalized spacial score (nSPS) is 17.6. The van der Waals surface area contributed by atoms with Crippen LogP contribution < -0.4 is 11.1 Å². The van der Waals surface area contributed by atoms with E-state index in [-0.39, 0.29) is 11.6 Å². The monoisotopic (exact) mass is 280 g/mol. The van der Waals surface area contributed by atoms with Gasteiger partial charge >= 0.3 is 5.97 Å². The summed E-state index contributed by atoms with van der Waals surface area (Å²) in [5, 5.41) is 11.6. The van der Waals surface area contributed by atoms with Crippen molar-refractivity contribution in [1.29, 1.82) is 0 Å². The van der Waals surface area contributed by atoms with Crippen LogP contribution in [0.15, 0.2) is 12.5 Å². The number of nitrogens with one attached hydrogen (secondary N) is 1. The van der Waals surface area contributed by atoms with E-state index in [9.17, 15) is 9.59 Å². The average molecular weight is 280 g/mol. The average Bonchev–Trinajstić information content (AvgIpc) is 2.88. The second kappa shape index (κ2) is 6.04. The van der Waals surface area contributed by atoms with Crippen molar-refractivity contribution in [1.82, 2.24) is 14.9 Å². The van der Waals surface area contributed by atoms with Gasteiger partial charge in [-0.25, -0.2) is 9.78 Å². The minimum Gasteiger partial charge on any atom is -0.476 e. The number of nitrogens with zero attached hydrogens (tertiary/aromatic N) is 2. The van der Waals surface area contributed by atoms with Crippen molar-refractivity contribution >= 4 is 11.9 Å². The van der Waals surface area contributed by atoms with Gasteiger partial charge in [0, 0.05) is 19.3 Å². The van der Waals surface area contributed by atoms with Gasteiger partial charge in [-0.05, 0) is 12.8 Å². The molecule has 0 bridgehead atoms. The second-order valence-electron chi connectivity index (χ2n) is 5.27. The number of rotatable bonds is 5. The zero-order valence-corrected chi connectivity index (χ0v) is 11.3. The number of aromatic nitrogens is 2. The molecule has 110 valence electrons. The van der Waals surface area contributed by atoms with Crippen molar-refractivity contribution in [2.45, 2.75) is 44.2 Å². The maximum atomic E-state index is 12.1. The molecule has 1 aromatic rings. The smallest absolute Gasteiger partial charge is 0.356 e. The van der Waals surface area contributed by atoms with E-state index in [1.54, 1.807) is 4.57 Å². The molecule has 0 unspecified atom stereocenters. The van der Waals surface area contributed by atoms with E-state index in [0.29, 0.717) is 13.1 Å². The molecule has 1 heterocycles. The van der Waals surface area contributed by atoms with Gasteiger partial charge in [-0.3, -0.25) is 4.79 Å². The number of aromatic carboxylic acids is 1. The van der Waals surface area contributed by atoms with Crippen molar-refractivity contribution in [2.75, 3.05) is 6.54 Å². The molecular weight excluding hydrogens is 260 g/mol. The van der Waals surface area contributed by atoms with E-state index in [4.69, 9.17) is 10.8 Å². The topological polar surface area (TPSA) is 110 Å². The summed E-state index contributed by atoms with van der Waals surface area (Å²) in [5.41, 5.74) is 5.38. The molecule has 1 saturated carbocycles. The summed E-state index contributed by atoms with van der Waals surface area (Å²) >= 11 is 0. The van der Waals surface area contributed by atoms with Crippen LogP contribution in [0.1, 0.15) is 42.6 Å². The zero-order valence-electron chi connectivity index (χ0n) is 11.3. The largest absolute Gasteiger partial charge is 0.476 e. The summed E-state index contributed by atoms with van der Waals surface area (Å²) < 4.78 is 1.63. The SMILES string of the molecule is NC1(C(=O)NCCn2cnc(C(=O)O)c2)CCCCC1. The van der Waals surface area contributed by atoms with Gasteiger partial charge < -0.3 is 20.7 Å². The van der Waals surface area contributed by atoms with E-state index >= 15 is 0 Å². The predicted molar refractivity (Wildman–Crippen MR) is 72.2 cm³/mol. The van der Waals surface area contributed by atoms with Crippen molar-refractivity contribution in [3.8, 4) is 0 Å². The fourth-order valence-corrected chi connectivity index (χ4v) is 2.48. The lowest BCUT2D eigenvalue weighted by Crippen LogP contribution is -2.55. The molecule has 1 amide bonds. The Morgan fingerprint density at radius 3 is 2.70 bits per heavy atom. The Kier molecular flexibility index (Phi) is 4.39. The molecule has 7 nitrogen and oxygen atoms in total. The maximum Gasteiger partial charge on any atom is 0.356 e. The van der Waals surface area contributed by atoms with Crippen LogP contribution in [0.25, 0.3) is 0 Å². The molecule has 1 aliphatic rings. The number of carboxylic acid groups (broad SMARTS) is 1. The lowest BCUT2D eigenvalue weighted by atomic mass is 9.82. The molecule has 20 heavy (non-hydrogen) atoms. The van der Waals surface area contributed by atoms with Gasteiger partial charge in [0.2, 0.25) is 5.91 Å². The molecule has 0 spiro atoms. The Balaban J connectivity index is 1.80. The van der Waals surface area contributed by atoms with Gasteiger partial charge in [0.15, 0.2) is 5.69 Å². The molecule has 1 fully saturated rings. The van der Waals surface area contributed by atoms with E-state index < -0.39 is 11.5 Å². The highest BCUT2D eigenvalue weighted by Gasteiger charge is 2.34. The lowest BCUT2D eigenvalue weighted by Gasteiger charge is -2.31. The molecule has 0 saturated heterocycles. The van der Waals surface area contributed by atoms with Crippen LogP contribution in [0.2, 0.25) is 0 Å². The van der Waals surface area contributed by atoms with Gasteiger partial charge in [0.05, 0.1) is 11.9 Å². The highest BCUT2D eigenvalue weighted by molar-refractivity contribution is 5.86. The van der Waals surface area contributed by atoms with Crippen LogP contribution >= 0.6 is 0 Å². The maximum absolute atomic E-state index is 12.1. The summed E-state index contributed by atoms with van der Waals surface area (Å²) in [6.07, 6.45) is 7.46. The minimum absolute atomic E-state index is 0.00102. The summed E-state index contributed by atoms with van der Waals surface area (Å²) in [7, 11) is 0. The molecular formula is C13H20N4O3. The first-order valence-electron chi connectivity index (χ1n) is 6.83. The first-order valence-corrected chi connectivity index (χ1v) is 6.83. The summed E-state index contributed by atoms with van der Waals surface area (Å²) in [4.78, 5) is 26.5. The third-order valence-electron chi connectivity index (χ3n) is 3.71. The molecule has 0 aliphatic heterocycles. The van der Waals surface area contributed by atoms with Crippen molar-refractivity contribution < 1.29 is 14.7 Å². The molecule has 0 radical (unpaired) electrons. The number of hydrogen-bond donors (Lipinski definition) is 3. The van der Waals surface area contributed by atoms with Gasteiger partial charge in [0.25, 0.3) is 0 Å². The number of hydrogen-bond acceptors (Lipinski definition) is 4. The Bertz CT molecular complexity index is 492. The molecule has 1 aliphatic carbocycles. The van der Waals surface area contributed by atoms with E-state index in [1.807, 2.05) is 0 Å². The van der Waals surface area contributed by atoms with Crippen LogP contribution in [-0.2, 0) is 11.3 Å². The standard InChI is InChI=1S/C13H20N4O3/c14-13(4-2-1-3-5-13)12(20)15-6-7-17-8-10(11(18)19)16-9-17/h8-9H,1-7,14H2,(H,15,20)(H,18,19). The Hall–Kier alpha value is -1.89. The molecule has 0 aromatic carbocycles.